The van der Waals surface area contributed by atoms with Gasteiger partial charge in [-0.15, -0.1) is 0 Å². The summed E-state index contributed by atoms with van der Waals surface area (Å²) >= 11 is 4.48. The summed E-state index contributed by atoms with van der Waals surface area (Å²) in [6, 6.07) is 0. The van der Waals surface area contributed by atoms with Crippen LogP contribution in [0.5, 0.6) is 0 Å². The van der Waals surface area contributed by atoms with Crippen LogP contribution in [0.2, 0.25) is 0 Å². The van der Waals surface area contributed by atoms with Crippen LogP contribution < -0.4 is 11.0 Å². The predicted octanol–water partition coefficient (Wildman–Crippen LogP) is 1.37. The average molecular weight is 378 g/mol. The lowest BCUT2D eigenvalue weighted by Gasteiger charge is -2.04. The minimum Gasteiger partial charge on any atom is -0.465 e. The zero-order valence-corrected chi connectivity index (χ0v) is 12.8. The molecule has 0 spiro atoms. The molecular formula is C10H9BrFN5O3S. The monoisotopic (exact) mass is 377 g/mol. The van der Waals surface area contributed by atoms with Crippen molar-refractivity contribution in [1.29, 1.82) is 0 Å². The van der Waals surface area contributed by atoms with Crippen molar-refractivity contribution in [1.82, 2.24) is 24.6 Å². The zero-order valence-electron chi connectivity index (χ0n) is 10.4. The first kappa shape index (κ1) is 15.4. The maximum Gasteiger partial charge on any atom is 0.404 e. The summed E-state index contributed by atoms with van der Waals surface area (Å²) < 4.78 is 15.7. The van der Waals surface area contributed by atoms with Crippen molar-refractivity contribution in [2.45, 2.75) is 6.54 Å². The van der Waals surface area contributed by atoms with Crippen LogP contribution in [0.3, 0.4) is 0 Å². The van der Waals surface area contributed by atoms with Gasteiger partial charge in [-0.2, -0.15) is 5.10 Å². The van der Waals surface area contributed by atoms with E-state index in [9.17, 15) is 14.0 Å². The fraction of sp³-hybridized carbons (Fsp3) is 0.200. The van der Waals surface area contributed by atoms with Crippen molar-refractivity contribution >= 4 is 33.4 Å². The third kappa shape index (κ3) is 3.76. The standard InChI is InChI=1S/C10H9BrFN5O3S/c11-7-3-13-8(21-7)16-5-15-17(10(16)20)4-6(1-12)2-14-9(18)19/h1,3,5,14H,2,4H2,(H,18,19)/b6-1+. The van der Waals surface area contributed by atoms with Crippen molar-refractivity contribution in [2.24, 2.45) is 0 Å². The van der Waals surface area contributed by atoms with Gasteiger partial charge >= 0.3 is 11.8 Å². The number of aromatic nitrogens is 4. The van der Waals surface area contributed by atoms with Crippen LogP contribution in [0.1, 0.15) is 0 Å². The molecule has 0 atom stereocenters. The molecule has 0 aromatic carbocycles. The Hall–Kier alpha value is -2.01. The molecule has 21 heavy (non-hydrogen) atoms. The van der Waals surface area contributed by atoms with E-state index in [-0.39, 0.29) is 25.0 Å². The van der Waals surface area contributed by atoms with Crippen molar-refractivity contribution in [3.05, 3.63) is 38.7 Å². The Labute approximate surface area is 129 Å². The van der Waals surface area contributed by atoms with E-state index < -0.39 is 11.8 Å². The van der Waals surface area contributed by atoms with Crippen molar-refractivity contribution in [3.8, 4) is 5.13 Å². The normalized spacial score (nSPS) is 11.6. The second-order valence-electron chi connectivity index (χ2n) is 3.81. The van der Waals surface area contributed by atoms with Crippen molar-refractivity contribution in [2.75, 3.05) is 6.54 Å². The van der Waals surface area contributed by atoms with Gasteiger partial charge in [0.1, 0.15) is 6.33 Å². The number of carbonyl (C=O) groups is 1. The van der Waals surface area contributed by atoms with Crippen LogP contribution in [-0.2, 0) is 6.54 Å². The molecule has 112 valence electrons. The first-order chi connectivity index (χ1) is 10.0. The molecule has 2 heterocycles. The molecule has 2 aromatic rings. The first-order valence-corrected chi connectivity index (χ1v) is 7.13. The third-order valence-corrected chi connectivity index (χ3v) is 3.85. The van der Waals surface area contributed by atoms with Gasteiger partial charge < -0.3 is 10.4 Å². The van der Waals surface area contributed by atoms with E-state index in [0.717, 1.165) is 8.47 Å². The van der Waals surface area contributed by atoms with E-state index in [1.165, 1.54) is 22.2 Å². The number of rotatable bonds is 5. The molecule has 0 aliphatic heterocycles. The van der Waals surface area contributed by atoms with E-state index in [1.807, 2.05) is 5.32 Å². The van der Waals surface area contributed by atoms with Crippen LogP contribution in [0.25, 0.3) is 5.13 Å². The number of carboxylic acid groups (broad SMARTS) is 1. The highest BCUT2D eigenvalue weighted by Crippen LogP contribution is 2.20. The van der Waals surface area contributed by atoms with Crippen LogP contribution in [0.15, 0.2) is 33.0 Å². The summed E-state index contributed by atoms with van der Waals surface area (Å²) in [6.45, 7) is -0.386. The molecule has 0 saturated carbocycles. The number of nitrogens with zero attached hydrogens (tertiary/aromatic N) is 4. The first-order valence-electron chi connectivity index (χ1n) is 5.52. The van der Waals surface area contributed by atoms with E-state index in [2.05, 4.69) is 26.0 Å². The number of amides is 1. The van der Waals surface area contributed by atoms with Gasteiger partial charge in [-0.1, -0.05) is 11.3 Å². The fourth-order valence-electron chi connectivity index (χ4n) is 1.44. The van der Waals surface area contributed by atoms with Gasteiger partial charge in [-0.25, -0.2) is 28.2 Å². The van der Waals surface area contributed by atoms with Crippen LogP contribution in [0.4, 0.5) is 9.18 Å². The van der Waals surface area contributed by atoms with Crippen LogP contribution in [0, 0.1) is 0 Å². The Morgan fingerprint density at radius 2 is 2.38 bits per heavy atom. The van der Waals surface area contributed by atoms with Gasteiger partial charge in [0.2, 0.25) is 0 Å². The van der Waals surface area contributed by atoms with E-state index >= 15 is 0 Å². The highest BCUT2D eigenvalue weighted by Gasteiger charge is 2.12. The largest absolute Gasteiger partial charge is 0.465 e. The maximum absolute atomic E-state index is 12.7. The average Bonchev–Trinajstić information content (AvgIpc) is 3.01. The molecule has 8 nitrogen and oxygen atoms in total. The highest BCUT2D eigenvalue weighted by molar-refractivity contribution is 9.11. The van der Waals surface area contributed by atoms with Gasteiger partial charge in [0.25, 0.3) is 0 Å². The second kappa shape index (κ2) is 6.63. The van der Waals surface area contributed by atoms with Gasteiger partial charge in [0.05, 0.1) is 22.9 Å². The van der Waals surface area contributed by atoms with Crippen LogP contribution >= 0.6 is 27.3 Å². The molecule has 2 aromatic heterocycles. The second-order valence-corrected chi connectivity index (χ2v) is 6.20. The van der Waals surface area contributed by atoms with Crippen LogP contribution in [-0.4, -0.2) is 37.1 Å². The summed E-state index contributed by atoms with van der Waals surface area (Å²) in [4.78, 5) is 26.5. The third-order valence-electron chi connectivity index (χ3n) is 2.38. The lowest BCUT2D eigenvalue weighted by Crippen LogP contribution is -2.29. The molecule has 0 radical (unpaired) electrons. The lowest BCUT2D eigenvalue weighted by atomic mass is 10.3. The van der Waals surface area contributed by atoms with E-state index in [4.69, 9.17) is 5.11 Å². The minimum atomic E-state index is -1.28. The Morgan fingerprint density at radius 3 is 2.95 bits per heavy atom. The number of thiazole rings is 1. The molecule has 0 saturated heterocycles. The van der Waals surface area contributed by atoms with Crippen molar-refractivity contribution < 1.29 is 14.3 Å². The number of hydrogen-bond donors (Lipinski definition) is 2. The maximum atomic E-state index is 12.7. The lowest BCUT2D eigenvalue weighted by molar-refractivity contribution is 0.195. The fourth-order valence-corrected chi connectivity index (χ4v) is 2.59. The molecule has 0 aliphatic rings. The number of hydrogen-bond acceptors (Lipinski definition) is 5. The van der Waals surface area contributed by atoms with Gasteiger partial charge in [0.15, 0.2) is 5.13 Å². The Morgan fingerprint density at radius 1 is 1.62 bits per heavy atom. The smallest absolute Gasteiger partial charge is 0.404 e. The molecule has 1 amide bonds. The Kier molecular flexibility index (Phi) is 4.85. The molecule has 11 heteroatoms. The molecule has 0 fully saturated rings. The van der Waals surface area contributed by atoms with Gasteiger partial charge in [-0.3, -0.25) is 0 Å². The highest BCUT2D eigenvalue weighted by atomic mass is 79.9. The Balaban J connectivity index is 2.17. The minimum absolute atomic E-state index is 0.0741. The molecule has 2 N–H and O–H groups in total. The molecule has 0 unspecified atom stereocenters. The van der Waals surface area contributed by atoms with E-state index in [0.29, 0.717) is 5.13 Å². The molecular weight excluding hydrogens is 369 g/mol. The molecule has 0 bridgehead atoms. The summed E-state index contributed by atoms with van der Waals surface area (Å²) in [5.74, 6) is 0. The summed E-state index contributed by atoms with van der Waals surface area (Å²) in [5, 5.41) is 14.8. The summed E-state index contributed by atoms with van der Waals surface area (Å²) in [5.41, 5.74) is -0.420. The summed E-state index contributed by atoms with van der Waals surface area (Å²) in [7, 11) is 0. The van der Waals surface area contributed by atoms with Crippen molar-refractivity contribution in [3.63, 3.8) is 0 Å². The number of halogens is 2. The quantitative estimate of drug-likeness (QED) is 0.819. The van der Waals surface area contributed by atoms with E-state index in [1.54, 1.807) is 6.20 Å². The Bertz CT molecular complexity index is 737. The predicted molar refractivity (Wildman–Crippen MR) is 76.4 cm³/mol. The SMILES string of the molecule is O=C(O)NC/C(=C\F)Cn1ncn(-c2ncc(Br)s2)c1=O. The molecule has 0 aliphatic carbocycles. The summed E-state index contributed by atoms with van der Waals surface area (Å²) in [6.07, 6.45) is 1.79. The topological polar surface area (TPSA) is 102 Å². The molecule has 2 rings (SSSR count). The van der Waals surface area contributed by atoms with Gasteiger partial charge in [-0.05, 0) is 21.5 Å². The number of nitrogens with one attached hydrogen (secondary N) is 1. The zero-order chi connectivity index (χ0) is 15.4. The van der Waals surface area contributed by atoms with Gasteiger partial charge in [0, 0.05) is 6.54 Å².